The first-order valence-electron chi connectivity index (χ1n) is 12.7. The van der Waals surface area contributed by atoms with Gasteiger partial charge < -0.3 is 9.74 Å². The van der Waals surface area contributed by atoms with Crippen LogP contribution in [0.2, 0.25) is 0 Å². The monoisotopic (exact) mass is 564 g/mol. The molecule has 39 heavy (non-hydrogen) atoms. The molecule has 2 heterocycles. The van der Waals surface area contributed by atoms with Crippen molar-refractivity contribution in [1.82, 2.24) is 5.06 Å². The number of carbonyl (C=O) groups is 5. The number of hydrogen-bond donors (Lipinski definition) is 0. The third-order valence-electron chi connectivity index (χ3n) is 6.15. The van der Waals surface area contributed by atoms with Crippen molar-refractivity contribution in [3.63, 3.8) is 0 Å². The lowest BCUT2D eigenvalue weighted by Crippen LogP contribution is -2.32. The van der Waals surface area contributed by atoms with Gasteiger partial charge in [-0.05, 0) is 30.2 Å². The summed E-state index contributed by atoms with van der Waals surface area (Å²) in [6, 6.07) is 15.3. The molecule has 2 aromatic carbocycles. The maximum atomic E-state index is 13.2. The number of benzene rings is 2. The molecule has 0 spiro atoms. The summed E-state index contributed by atoms with van der Waals surface area (Å²) in [7, 11) is 3.01. The summed E-state index contributed by atoms with van der Waals surface area (Å²) in [4.78, 5) is 67.0. The van der Waals surface area contributed by atoms with Gasteiger partial charge >= 0.3 is 5.97 Å². The number of imide groups is 1. The molecule has 0 atom stereocenters. The Morgan fingerprint density at radius 1 is 0.795 bits per heavy atom. The SMILES string of the molecule is O=C(CCCSSCCC(=O)ON1C(=O)CCC1=O)CCC(=O)N1Cc2ccccc2C#Cc2ccccc21. The Labute approximate surface area is 235 Å². The first-order valence-corrected chi connectivity index (χ1v) is 15.2. The zero-order valence-electron chi connectivity index (χ0n) is 21.4. The average molecular weight is 565 g/mol. The van der Waals surface area contributed by atoms with Gasteiger partial charge in [-0.1, -0.05) is 63.8 Å². The highest BCUT2D eigenvalue weighted by atomic mass is 33.1. The van der Waals surface area contributed by atoms with Gasteiger partial charge in [0.15, 0.2) is 0 Å². The number of nitrogens with zero attached hydrogens (tertiary/aromatic N) is 2. The van der Waals surface area contributed by atoms with E-state index in [1.807, 2.05) is 48.5 Å². The van der Waals surface area contributed by atoms with Gasteiger partial charge in [0.25, 0.3) is 11.8 Å². The summed E-state index contributed by atoms with van der Waals surface area (Å²) in [6.45, 7) is 0.404. The van der Waals surface area contributed by atoms with Crippen molar-refractivity contribution in [2.45, 2.75) is 51.5 Å². The number of rotatable bonds is 12. The number of ketones is 1. The van der Waals surface area contributed by atoms with Crippen molar-refractivity contribution in [3.05, 3.63) is 65.2 Å². The summed E-state index contributed by atoms with van der Waals surface area (Å²) in [5, 5.41) is 0.552. The van der Waals surface area contributed by atoms with Crippen LogP contribution in [-0.4, -0.2) is 46.0 Å². The van der Waals surface area contributed by atoms with E-state index >= 15 is 0 Å². The van der Waals surface area contributed by atoms with Gasteiger partial charge in [0, 0.05) is 54.7 Å². The normalized spacial score (nSPS) is 14.1. The van der Waals surface area contributed by atoms with E-state index in [-0.39, 0.29) is 43.8 Å². The molecular formula is C29H28N2O6S2. The Bertz CT molecular complexity index is 1320. The number of Topliss-reactive ketones (excluding diaryl/α,β-unsaturated/α-hetero) is 1. The molecule has 2 aliphatic heterocycles. The molecule has 8 nitrogen and oxygen atoms in total. The molecular weight excluding hydrogens is 536 g/mol. The molecule has 2 aromatic rings. The zero-order valence-corrected chi connectivity index (χ0v) is 23.0. The predicted octanol–water partition coefficient (Wildman–Crippen LogP) is 4.44. The third kappa shape index (κ3) is 7.97. The molecule has 0 saturated carbocycles. The van der Waals surface area contributed by atoms with Gasteiger partial charge in [-0.15, -0.1) is 5.06 Å². The fraction of sp³-hybridized carbons (Fsp3) is 0.345. The number of fused-ring (bicyclic) bond motifs is 2. The van der Waals surface area contributed by atoms with Crippen molar-refractivity contribution in [3.8, 4) is 11.8 Å². The molecule has 0 bridgehead atoms. The van der Waals surface area contributed by atoms with Crippen molar-refractivity contribution >= 4 is 56.7 Å². The molecule has 0 unspecified atom stereocenters. The second-order valence-corrected chi connectivity index (χ2v) is 11.7. The van der Waals surface area contributed by atoms with Crippen LogP contribution >= 0.6 is 21.6 Å². The lowest BCUT2D eigenvalue weighted by molar-refractivity contribution is -0.197. The number of hydroxylamine groups is 2. The van der Waals surface area contributed by atoms with Crippen molar-refractivity contribution < 1.29 is 28.8 Å². The van der Waals surface area contributed by atoms with E-state index < -0.39 is 17.8 Å². The molecule has 0 N–H and O–H groups in total. The smallest absolute Gasteiger partial charge is 0.330 e. The van der Waals surface area contributed by atoms with E-state index in [1.165, 1.54) is 21.6 Å². The van der Waals surface area contributed by atoms with Crippen molar-refractivity contribution in [2.75, 3.05) is 16.4 Å². The largest absolute Gasteiger partial charge is 0.334 e. The quantitative estimate of drug-likeness (QED) is 0.161. The Morgan fingerprint density at radius 3 is 2.26 bits per heavy atom. The van der Waals surface area contributed by atoms with E-state index in [2.05, 4.69) is 11.8 Å². The van der Waals surface area contributed by atoms with Crippen LogP contribution in [0.5, 0.6) is 0 Å². The highest BCUT2D eigenvalue weighted by Crippen LogP contribution is 2.27. The first kappa shape index (κ1) is 28.5. The Kier molecular flexibility index (Phi) is 10.2. The summed E-state index contributed by atoms with van der Waals surface area (Å²) >= 11 is 0. The second-order valence-electron chi connectivity index (χ2n) is 8.99. The Morgan fingerprint density at radius 2 is 1.46 bits per heavy atom. The molecule has 4 rings (SSSR count). The number of anilines is 1. The molecule has 1 fully saturated rings. The van der Waals surface area contributed by atoms with Gasteiger partial charge in [-0.3, -0.25) is 19.2 Å². The molecule has 0 aliphatic carbocycles. The molecule has 3 amide bonds. The fourth-order valence-corrected chi connectivity index (χ4v) is 6.15. The first-order chi connectivity index (χ1) is 18.9. The molecule has 2 aliphatic rings. The summed E-state index contributed by atoms with van der Waals surface area (Å²) < 4.78 is 0. The van der Waals surface area contributed by atoms with E-state index in [4.69, 9.17) is 4.84 Å². The Balaban J connectivity index is 1.15. The van der Waals surface area contributed by atoms with Gasteiger partial charge in [0.05, 0.1) is 18.7 Å². The standard InChI is InChI=1S/C29H28N2O6S2/c32-24(9-5-18-38-39-19-17-29(36)37-31-27(34)15-16-28(31)35)13-14-26(33)30-20-23-8-2-1-6-21(23)11-12-22-7-3-4-10-25(22)30/h1-4,6-8,10H,5,9,13-20H2. The van der Waals surface area contributed by atoms with Crippen LogP contribution in [0.15, 0.2) is 48.5 Å². The van der Waals surface area contributed by atoms with Crippen LogP contribution in [0.1, 0.15) is 61.6 Å². The highest BCUT2D eigenvalue weighted by molar-refractivity contribution is 8.76. The third-order valence-corrected chi connectivity index (χ3v) is 8.64. The van der Waals surface area contributed by atoms with Crippen LogP contribution in [0, 0.1) is 11.8 Å². The molecule has 0 aromatic heterocycles. The molecule has 202 valence electrons. The molecule has 0 radical (unpaired) electrons. The zero-order chi connectivity index (χ0) is 27.6. The topological polar surface area (TPSA) is 101 Å². The summed E-state index contributed by atoms with van der Waals surface area (Å²) in [6.07, 6.45) is 1.58. The lowest BCUT2D eigenvalue weighted by Gasteiger charge is -2.26. The molecule has 10 heteroatoms. The van der Waals surface area contributed by atoms with Gasteiger partial charge in [-0.2, -0.15) is 0 Å². The lowest BCUT2D eigenvalue weighted by atomic mass is 10.0. The minimum atomic E-state index is -0.621. The minimum Gasteiger partial charge on any atom is -0.330 e. The van der Waals surface area contributed by atoms with E-state index in [0.29, 0.717) is 30.2 Å². The highest BCUT2D eigenvalue weighted by Gasteiger charge is 2.32. The summed E-state index contributed by atoms with van der Waals surface area (Å²) in [5.41, 5.74) is 3.41. The molecule has 1 saturated heterocycles. The van der Waals surface area contributed by atoms with Gasteiger partial charge in [-0.25, -0.2) is 4.79 Å². The van der Waals surface area contributed by atoms with E-state index in [9.17, 15) is 24.0 Å². The van der Waals surface area contributed by atoms with Crippen LogP contribution in [0.25, 0.3) is 0 Å². The number of carbonyl (C=O) groups excluding carboxylic acids is 5. The number of hydrogen-bond acceptors (Lipinski definition) is 8. The predicted molar refractivity (Wildman–Crippen MR) is 150 cm³/mol. The average Bonchev–Trinajstić information content (AvgIpc) is 3.24. The van der Waals surface area contributed by atoms with Crippen LogP contribution in [0.4, 0.5) is 5.69 Å². The van der Waals surface area contributed by atoms with Gasteiger partial charge in [0.1, 0.15) is 5.78 Å². The summed E-state index contributed by atoms with van der Waals surface area (Å²) in [5.74, 6) is 5.89. The second kappa shape index (κ2) is 14.0. The van der Waals surface area contributed by atoms with Gasteiger partial charge in [0.2, 0.25) is 5.91 Å². The van der Waals surface area contributed by atoms with Crippen LogP contribution < -0.4 is 4.90 Å². The maximum absolute atomic E-state index is 13.2. The van der Waals surface area contributed by atoms with Crippen LogP contribution in [0.3, 0.4) is 0 Å². The van der Waals surface area contributed by atoms with E-state index in [1.54, 1.807) is 4.90 Å². The number of amides is 3. The van der Waals surface area contributed by atoms with Crippen molar-refractivity contribution in [2.24, 2.45) is 0 Å². The maximum Gasteiger partial charge on any atom is 0.334 e. The van der Waals surface area contributed by atoms with E-state index in [0.717, 1.165) is 28.1 Å². The van der Waals surface area contributed by atoms with Crippen molar-refractivity contribution in [1.29, 1.82) is 0 Å². The Hall–Kier alpha value is -3.55. The number of para-hydroxylation sites is 1. The minimum absolute atomic E-state index is 0.0398. The van der Waals surface area contributed by atoms with Crippen LogP contribution in [-0.2, 0) is 35.4 Å². The fourth-order valence-electron chi connectivity index (χ4n) is 4.09.